The van der Waals surface area contributed by atoms with Gasteiger partial charge < -0.3 is 0 Å². The minimum Gasteiger partial charge on any atom is -0.207 e. The van der Waals surface area contributed by atoms with Crippen LogP contribution in [-0.2, 0) is 10.0 Å². The molecule has 1 fully saturated rings. The van der Waals surface area contributed by atoms with Gasteiger partial charge in [-0.1, -0.05) is 92.7 Å². The molecule has 3 aromatic rings. The average molecular weight is 500 g/mol. The van der Waals surface area contributed by atoms with Crippen LogP contribution in [0.1, 0.15) is 59.6 Å². The molecule has 1 saturated heterocycles. The standard InChI is InChI=1S/C32H37NO2S/c1-20(2)16-29-30-24(6)26-14-10-11-15-27(26)31(25-12-8-7-9-13-25)28(30)19-33(29)36(34,35)32-22(4)17-21(3)18-23(32)5/h7-15,17-18,20,28-31H,6,16,19H2,1-5H3/t28-,29-,30+,31-/m0/s1. The first-order valence-electron chi connectivity index (χ1n) is 13.0. The van der Waals surface area contributed by atoms with Gasteiger partial charge in [-0.3, -0.25) is 0 Å². The fraction of sp³-hybridized carbons (Fsp3) is 0.375. The Morgan fingerprint density at radius 2 is 1.56 bits per heavy atom. The van der Waals surface area contributed by atoms with Crippen LogP contribution in [0.4, 0.5) is 0 Å². The van der Waals surface area contributed by atoms with Gasteiger partial charge in [0.25, 0.3) is 0 Å². The molecule has 36 heavy (non-hydrogen) atoms. The number of fused-ring (bicyclic) bond motifs is 2. The molecule has 1 aliphatic heterocycles. The molecule has 3 nitrogen and oxygen atoms in total. The molecule has 0 amide bonds. The van der Waals surface area contributed by atoms with Crippen LogP contribution in [0.2, 0.25) is 0 Å². The molecule has 0 radical (unpaired) electrons. The Morgan fingerprint density at radius 3 is 2.19 bits per heavy atom. The summed E-state index contributed by atoms with van der Waals surface area (Å²) in [6, 6.07) is 23.0. The van der Waals surface area contributed by atoms with Gasteiger partial charge in [-0.15, -0.1) is 0 Å². The molecule has 3 aromatic carbocycles. The molecule has 2 aliphatic rings. The summed E-state index contributed by atoms with van der Waals surface area (Å²) >= 11 is 0. The Kier molecular flexibility index (Phi) is 6.46. The second kappa shape index (κ2) is 9.32. The first kappa shape index (κ1) is 25.0. The second-order valence-electron chi connectivity index (χ2n) is 11.2. The lowest BCUT2D eigenvalue weighted by molar-refractivity contribution is 0.310. The summed E-state index contributed by atoms with van der Waals surface area (Å²) in [5.74, 6) is 0.715. The van der Waals surface area contributed by atoms with E-state index in [1.807, 2.05) is 43.3 Å². The normalized spacial score (nSPS) is 24.1. The van der Waals surface area contributed by atoms with Gasteiger partial charge in [0.15, 0.2) is 0 Å². The summed E-state index contributed by atoms with van der Waals surface area (Å²) in [6.45, 7) is 15.4. The van der Waals surface area contributed by atoms with E-state index in [1.165, 1.54) is 16.7 Å². The van der Waals surface area contributed by atoms with Crippen LogP contribution in [-0.4, -0.2) is 25.3 Å². The minimum absolute atomic E-state index is 0.0772. The van der Waals surface area contributed by atoms with Crippen LogP contribution in [0.25, 0.3) is 5.57 Å². The van der Waals surface area contributed by atoms with Gasteiger partial charge in [-0.2, -0.15) is 4.31 Å². The highest BCUT2D eigenvalue weighted by molar-refractivity contribution is 7.89. The number of benzene rings is 3. The van der Waals surface area contributed by atoms with E-state index in [0.29, 0.717) is 17.4 Å². The Labute approximate surface area is 216 Å². The number of rotatable bonds is 5. The molecule has 5 rings (SSSR count). The van der Waals surface area contributed by atoms with Crippen molar-refractivity contribution in [3.63, 3.8) is 0 Å². The van der Waals surface area contributed by atoms with Gasteiger partial charge in [0, 0.05) is 24.4 Å². The SMILES string of the molecule is C=C1c2ccccc2[C@H](c2ccccc2)[C@H]2CN(S(=O)(=O)c3c(C)cc(C)cc3C)[C@@H](CC(C)C)[C@H]12. The lowest BCUT2D eigenvalue weighted by atomic mass is 9.64. The van der Waals surface area contributed by atoms with Crippen LogP contribution in [0.15, 0.2) is 78.2 Å². The highest BCUT2D eigenvalue weighted by Gasteiger charge is 2.54. The van der Waals surface area contributed by atoms with Crippen LogP contribution >= 0.6 is 0 Å². The molecule has 0 aromatic heterocycles. The molecular weight excluding hydrogens is 462 g/mol. The molecule has 1 heterocycles. The van der Waals surface area contributed by atoms with Crippen molar-refractivity contribution in [3.8, 4) is 0 Å². The molecule has 0 N–H and O–H groups in total. The van der Waals surface area contributed by atoms with Gasteiger partial charge in [0.1, 0.15) is 0 Å². The lowest BCUT2D eigenvalue weighted by Crippen LogP contribution is -2.39. The predicted molar refractivity (Wildman–Crippen MR) is 149 cm³/mol. The van der Waals surface area contributed by atoms with E-state index in [1.54, 1.807) is 0 Å². The smallest absolute Gasteiger partial charge is 0.207 e. The zero-order valence-corrected chi connectivity index (χ0v) is 22.8. The summed E-state index contributed by atoms with van der Waals surface area (Å²) in [4.78, 5) is 0.472. The fourth-order valence-electron chi connectivity index (χ4n) is 7.00. The minimum atomic E-state index is -3.69. The van der Waals surface area contributed by atoms with Crippen LogP contribution in [0.3, 0.4) is 0 Å². The molecule has 0 bridgehead atoms. The number of hydrogen-bond acceptors (Lipinski definition) is 2. The maximum absolute atomic E-state index is 14.4. The molecule has 0 spiro atoms. The van der Waals surface area contributed by atoms with E-state index in [-0.39, 0.29) is 23.8 Å². The molecule has 4 heteroatoms. The van der Waals surface area contributed by atoms with Crippen molar-refractivity contribution in [1.82, 2.24) is 4.31 Å². The number of nitrogens with zero attached hydrogens (tertiary/aromatic N) is 1. The van der Waals surface area contributed by atoms with Gasteiger partial charge in [-0.05, 0) is 72.4 Å². The first-order valence-corrected chi connectivity index (χ1v) is 14.5. The van der Waals surface area contributed by atoms with Crippen molar-refractivity contribution in [3.05, 3.63) is 107 Å². The van der Waals surface area contributed by atoms with Gasteiger partial charge in [0.2, 0.25) is 10.0 Å². The van der Waals surface area contributed by atoms with E-state index in [4.69, 9.17) is 0 Å². The van der Waals surface area contributed by atoms with Gasteiger partial charge >= 0.3 is 0 Å². The van der Waals surface area contributed by atoms with Gasteiger partial charge in [-0.25, -0.2) is 8.42 Å². The Bertz CT molecular complexity index is 1380. The quantitative estimate of drug-likeness (QED) is 0.375. The largest absolute Gasteiger partial charge is 0.243 e. The Balaban J connectivity index is 1.69. The maximum atomic E-state index is 14.4. The van der Waals surface area contributed by atoms with E-state index in [2.05, 4.69) is 69.0 Å². The third kappa shape index (κ3) is 4.05. The Hall–Kier alpha value is -2.69. The van der Waals surface area contributed by atoms with Crippen molar-refractivity contribution < 1.29 is 8.42 Å². The van der Waals surface area contributed by atoms with Crippen LogP contribution in [0.5, 0.6) is 0 Å². The summed E-state index contributed by atoms with van der Waals surface area (Å²) in [5, 5.41) is 0. The highest BCUT2D eigenvalue weighted by Crippen LogP contribution is 2.55. The third-order valence-corrected chi connectivity index (χ3v) is 10.3. The van der Waals surface area contributed by atoms with Crippen molar-refractivity contribution in [2.45, 2.75) is 57.9 Å². The first-order chi connectivity index (χ1) is 17.1. The monoisotopic (exact) mass is 499 g/mol. The summed E-state index contributed by atoms with van der Waals surface area (Å²) in [5.41, 5.74) is 7.52. The number of aryl methyl sites for hydroxylation is 3. The third-order valence-electron chi connectivity index (χ3n) is 8.15. The van der Waals surface area contributed by atoms with E-state index in [0.717, 1.165) is 28.7 Å². The second-order valence-corrected chi connectivity index (χ2v) is 13.0. The summed E-state index contributed by atoms with van der Waals surface area (Å²) < 4.78 is 30.7. The summed E-state index contributed by atoms with van der Waals surface area (Å²) in [6.07, 6.45) is 0.813. The van der Waals surface area contributed by atoms with Crippen molar-refractivity contribution in [1.29, 1.82) is 0 Å². The fourth-order valence-corrected chi connectivity index (χ4v) is 9.11. The zero-order chi connectivity index (χ0) is 25.8. The molecule has 0 saturated carbocycles. The van der Waals surface area contributed by atoms with E-state index in [9.17, 15) is 8.42 Å². The number of sulfonamides is 1. The summed E-state index contributed by atoms with van der Waals surface area (Å²) in [7, 11) is -3.69. The van der Waals surface area contributed by atoms with Crippen LogP contribution in [0, 0.1) is 38.5 Å². The Morgan fingerprint density at radius 1 is 0.944 bits per heavy atom. The lowest BCUT2D eigenvalue weighted by Gasteiger charge is -2.39. The van der Waals surface area contributed by atoms with E-state index < -0.39 is 10.0 Å². The molecule has 4 atom stereocenters. The predicted octanol–water partition coefficient (Wildman–Crippen LogP) is 7.12. The van der Waals surface area contributed by atoms with E-state index >= 15 is 0 Å². The van der Waals surface area contributed by atoms with Crippen LogP contribution < -0.4 is 0 Å². The van der Waals surface area contributed by atoms with Gasteiger partial charge in [0.05, 0.1) is 4.90 Å². The number of hydrogen-bond donors (Lipinski definition) is 0. The van der Waals surface area contributed by atoms with Crippen molar-refractivity contribution in [2.24, 2.45) is 17.8 Å². The topological polar surface area (TPSA) is 37.4 Å². The maximum Gasteiger partial charge on any atom is 0.243 e. The van der Waals surface area contributed by atoms with Crippen molar-refractivity contribution >= 4 is 15.6 Å². The zero-order valence-electron chi connectivity index (χ0n) is 22.0. The molecule has 0 unspecified atom stereocenters. The molecule has 188 valence electrons. The average Bonchev–Trinajstić information content (AvgIpc) is 3.18. The molecule has 1 aliphatic carbocycles. The molecular formula is C32H37NO2S. The van der Waals surface area contributed by atoms with Crippen molar-refractivity contribution in [2.75, 3.05) is 6.54 Å². The highest BCUT2D eigenvalue weighted by atomic mass is 32.2.